The average Bonchev–Trinajstić information content (AvgIpc) is 3.26. The standard InChI is InChI=1S/C16H17F4N5O3S/c1-27-13-10(14(28-2)22-7-21-13)12(26)24-15-23-11(16(18,19)20)9(29-15)6-25-4-3-8(17)5-25/h7-8H,3-6H2,1-2H3,(H,23,24,26)/t8-/m0/s1. The Morgan fingerprint density at radius 3 is 2.48 bits per heavy atom. The highest BCUT2D eigenvalue weighted by Crippen LogP contribution is 2.38. The Morgan fingerprint density at radius 1 is 1.31 bits per heavy atom. The molecule has 0 aromatic carbocycles. The van der Waals surface area contributed by atoms with Gasteiger partial charge in [-0.05, 0) is 6.42 Å². The van der Waals surface area contributed by atoms with Gasteiger partial charge in [0, 0.05) is 19.6 Å². The molecule has 8 nitrogen and oxygen atoms in total. The summed E-state index contributed by atoms with van der Waals surface area (Å²) in [5.41, 5.74) is -1.29. The fraction of sp³-hybridized carbons (Fsp3) is 0.500. The summed E-state index contributed by atoms with van der Waals surface area (Å²) >= 11 is 0.675. The van der Waals surface area contributed by atoms with E-state index in [0.29, 0.717) is 17.9 Å². The Hall–Kier alpha value is -2.54. The molecule has 1 fully saturated rings. The van der Waals surface area contributed by atoms with E-state index in [1.165, 1.54) is 14.2 Å². The Morgan fingerprint density at radius 2 is 1.97 bits per heavy atom. The third kappa shape index (κ3) is 4.72. The fourth-order valence-electron chi connectivity index (χ4n) is 2.88. The third-order valence-electron chi connectivity index (χ3n) is 4.16. The number of anilines is 1. The summed E-state index contributed by atoms with van der Waals surface area (Å²) in [5, 5.41) is 2.05. The van der Waals surface area contributed by atoms with Gasteiger partial charge < -0.3 is 9.47 Å². The quantitative estimate of drug-likeness (QED) is 0.698. The van der Waals surface area contributed by atoms with Crippen molar-refractivity contribution in [2.24, 2.45) is 0 Å². The number of nitrogens with zero attached hydrogens (tertiary/aromatic N) is 4. The van der Waals surface area contributed by atoms with Gasteiger partial charge in [-0.1, -0.05) is 11.3 Å². The van der Waals surface area contributed by atoms with Crippen molar-refractivity contribution in [3.05, 3.63) is 22.5 Å². The van der Waals surface area contributed by atoms with Crippen molar-refractivity contribution in [2.75, 3.05) is 32.6 Å². The van der Waals surface area contributed by atoms with Crippen LogP contribution in [0.2, 0.25) is 0 Å². The highest BCUT2D eigenvalue weighted by molar-refractivity contribution is 7.15. The Balaban J connectivity index is 1.87. The molecular weight excluding hydrogens is 418 g/mol. The van der Waals surface area contributed by atoms with Crippen LogP contribution in [0.3, 0.4) is 0 Å². The number of hydrogen-bond donors (Lipinski definition) is 1. The number of hydrogen-bond acceptors (Lipinski definition) is 8. The average molecular weight is 435 g/mol. The largest absolute Gasteiger partial charge is 0.480 e. The van der Waals surface area contributed by atoms with Gasteiger partial charge in [0.15, 0.2) is 16.4 Å². The van der Waals surface area contributed by atoms with Gasteiger partial charge in [0.05, 0.1) is 19.1 Å². The number of halogens is 4. The molecule has 0 saturated carbocycles. The molecule has 158 valence electrons. The number of aromatic nitrogens is 3. The molecule has 29 heavy (non-hydrogen) atoms. The molecular formula is C16H17F4N5O3S. The molecule has 1 saturated heterocycles. The van der Waals surface area contributed by atoms with Gasteiger partial charge in [0.2, 0.25) is 11.8 Å². The van der Waals surface area contributed by atoms with Gasteiger partial charge in [0.25, 0.3) is 5.91 Å². The molecule has 0 radical (unpaired) electrons. The van der Waals surface area contributed by atoms with Gasteiger partial charge in [-0.15, -0.1) is 0 Å². The van der Waals surface area contributed by atoms with Gasteiger partial charge in [0.1, 0.15) is 12.5 Å². The summed E-state index contributed by atoms with van der Waals surface area (Å²) in [5.74, 6) is -1.04. The van der Waals surface area contributed by atoms with Gasteiger partial charge in [-0.3, -0.25) is 15.0 Å². The van der Waals surface area contributed by atoms with Crippen LogP contribution in [0, 0.1) is 0 Å². The number of carbonyl (C=O) groups excluding carboxylic acids is 1. The van der Waals surface area contributed by atoms with E-state index in [-0.39, 0.29) is 46.8 Å². The lowest BCUT2D eigenvalue weighted by Gasteiger charge is -2.14. The maximum Gasteiger partial charge on any atom is 0.434 e. The van der Waals surface area contributed by atoms with E-state index in [4.69, 9.17) is 9.47 Å². The molecule has 1 aliphatic rings. The van der Waals surface area contributed by atoms with E-state index < -0.39 is 23.9 Å². The van der Waals surface area contributed by atoms with Crippen molar-refractivity contribution < 1.29 is 31.8 Å². The van der Waals surface area contributed by atoms with Crippen LogP contribution in [0.25, 0.3) is 0 Å². The van der Waals surface area contributed by atoms with Crippen molar-refractivity contribution in [1.82, 2.24) is 19.9 Å². The molecule has 0 unspecified atom stereocenters. The molecule has 1 atom stereocenters. The van der Waals surface area contributed by atoms with Crippen LogP contribution in [0.15, 0.2) is 6.33 Å². The second-order valence-electron chi connectivity index (χ2n) is 6.13. The SMILES string of the molecule is COc1ncnc(OC)c1C(=O)Nc1nc(C(F)(F)F)c(CN2CC[C@H](F)C2)s1. The predicted octanol–water partition coefficient (Wildman–Crippen LogP) is 2.77. The third-order valence-corrected chi connectivity index (χ3v) is 5.12. The van der Waals surface area contributed by atoms with Crippen LogP contribution in [-0.4, -0.2) is 59.2 Å². The number of nitrogens with one attached hydrogen (secondary N) is 1. The van der Waals surface area contributed by atoms with Crippen LogP contribution in [0.1, 0.15) is 27.3 Å². The molecule has 2 aromatic heterocycles. The van der Waals surface area contributed by atoms with Crippen molar-refractivity contribution in [2.45, 2.75) is 25.3 Å². The summed E-state index contributed by atoms with van der Waals surface area (Å²) in [6.07, 6.45) is -4.38. The first-order valence-corrected chi connectivity index (χ1v) is 9.22. The molecule has 0 aliphatic carbocycles. The first kappa shape index (κ1) is 21.2. The number of rotatable bonds is 6. The molecule has 1 N–H and O–H groups in total. The molecule has 1 amide bonds. The second kappa shape index (κ2) is 8.45. The zero-order valence-electron chi connectivity index (χ0n) is 15.4. The van der Waals surface area contributed by atoms with Crippen molar-refractivity contribution in [3.63, 3.8) is 0 Å². The normalized spacial score (nSPS) is 17.4. The van der Waals surface area contributed by atoms with E-state index in [0.717, 1.165) is 6.33 Å². The number of likely N-dealkylation sites (tertiary alicyclic amines) is 1. The number of ether oxygens (including phenoxy) is 2. The highest BCUT2D eigenvalue weighted by atomic mass is 32.1. The number of amides is 1. The van der Waals surface area contributed by atoms with Crippen LogP contribution in [-0.2, 0) is 12.7 Å². The molecule has 0 bridgehead atoms. The minimum absolute atomic E-state index is 0.0621. The number of carbonyl (C=O) groups is 1. The highest BCUT2D eigenvalue weighted by Gasteiger charge is 2.39. The minimum atomic E-state index is -4.71. The van der Waals surface area contributed by atoms with Crippen molar-refractivity contribution in [1.29, 1.82) is 0 Å². The molecule has 0 spiro atoms. The van der Waals surface area contributed by atoms with Crippen LogP contribution in [0.4, 0.5) is 22.7 Å². The smallest absolute Gasteiger partial charge is 0.434 e. The molecule has 13 heteroatoms. The number of methoxy groups -OCH3 is 2. The van der Waals surface area contributed by atoms with Gasteiger partial charge >= 0.3 is 6.18 Å². The molecule has 1 aliphatic heterocycles. The van der Waals surface area contributed by atoms with Gasteiger partial charge in [-0.25, -0.2) is 19.3 Å². The van der Waals surface area contributed by atoms with Crippen LogP contribution >= 0.6 is 11.3 Å². The molecule has 3 rings (SSSR count). The van der Waals surface area contributed by atoms with Gasteiger partial charge in [-0.2, -0.15) is 13.2 Å². The van der Waals surface area contributed by atoms with Crippen molar-refractivity contribution in [3.8, 4) is 11.8 Å². The number of alkyl halides is 4. The number of thiazole rings is 1. The summed E-state index contributed by atoms with van der Waals surface area (Å²) in [6, 6.07) is 0. The van der Waals surface area contributed by atoms with E-state index in [1.54, 1.807) is 4.90 Å². The van der Waals surface area contributed by atoms with E-state index in [1.807, 2.05) is 0 Å². The zero-order valence-corrected chi connectivity index (χ0v) is 16.2. The zero-order chi connectivity index (χ0) is 21.2. The topological polar surface area (TPSA) is 89.5 Å². The summed E-state index contributed by atoms with van der Waals surface area (Å²) in [7, 11) is 2.55. The summed E-state index contributed by atoms with van der Waals surface area (Å²) in [6.45, 7) is 0.310. The first-order chi connectivity index (χ1) is 13.7. The summed E-state index contributed by atoms with van der Waals surface area (Å²) < 4.78 is 63.5. The molecule has 3 heterocycles. The monoisotopic (exact) mass is 435 g/mol. The lowest BCUT2D eigenvalue weighted by molar-refractivity contribution is -0.141. The lowest BCUT2D eigenvalue weighted by Crippen LogP contribution is -2.21. The Kier molecular flexibility index (Phi) is 6.17. The second-order valence-corrected chi connectivity index (χ2v) is 7.21. The van der Waals surface area contributed by atoms with E-state index in [9.17, 15) is 22.4 Å². The van der Waals surface area contributed by atoms with E-state index >= 15 is 0 Å². The van der Waals surface area contributed by atoms with Crippen LogP contribution in [0.5, 0.6) is 11.8 Å². The van der Waals surface area contributed by atoms with E-state index in [2.05, 4.69) is 20.3 Å². The maximum atomic E-state index is 13.4. The minimum Gasteiger partial charge on any atom is -0.480 e. The fourth-order valence-corrected chi connectivity index (χ4v) is 3.90. The maximum absolute atomic E-state index is 13.4. The predicted molar refractivity (Wildman–Crippen MR) is 95.0 cm³/mol. The Labute approximate surface area is 166 Å². The first-order valence-electron chi connectivity index (χ1n) is 8.40. The van der Waals surface area contributed by atoms with Crippen LogP contribution < -0.4 is 14.8 Å². The summed E-state index contributed by atoms with van der Waals surface area (Å²) in [4.78, 5) is 25.2. The lowest BCUT2D eigenvalue weighted by atomic mass is 10.3. The Bertz CT molecular complexity index is 870. The van der Waals surface area contributed by atoms with Crippen molar-refractivity contribution >= 4 is 22.4 Å². The molecule has 2 aromatic rings.